The number of aryl methyl sites for hydroxylation is 1. The molecule has 0 spiro atoms. The van der Waals surface area contributed by atoms with E-state index in [1.54, 1.807) is 36.4 Å². The Morgan fingerprint density at radius 2 is 1.79 bits per heavy atom. The zero-order valence-corrected chi connectivity index (χ0v) is 27.5. The molecule has 13 heteroatoms. The molecule has 0 unspecified atom stereocenters. The molecule has 0 radical (unpaired) electrons. The topological polar surface area (TPSA) is 109 Å². The minimum atomic E-state index is -4.61. The number of benzene rings is 3. The second kappa shape index (κ2) is 16.5. The average Bonchev–Trinajstić information content (AvgIpc) is 3.06. The van der Waals surface area contributed by atoms with Gasteiger partial charge >= 0.3 is 6.18 Å². The Hall–Kier alpha value is -5.30. The third-order valence-electron chi connectivity index (χ3n) is 7.43. The van der Waals surface area contributed by atoms with Crippen LogP contribution < -0.4 is 20.9 Å². The SMILES string of the molecule is C=N/C=N\C(Nc1cc(C(=O)Nc2ccc(N(C)CCN(C)C)c(C(F)(F)F)c2)ccc1C)=C1/CC=NC(NCCc2ccccc2)=N1. The quantitative estimate of drug-likeness (QED) is 0.149. The molecule has 4 rings (SSSR count). The van der Waals surface area contributed by atoms with E-state index < -0.39 is 17.6 Å². The number of allylic oxidation sites excluding steroid dienone is 1. The van der Waals surface area contributed by atoms with Crippen LogP contribution in [0, 0.1) is 6.92 Å². The van der Waals surface area contributed by atoms with Crippen LogP contribution in [0.5, 0.6) is 0 Å². The van der Waals surface area contributed by atoms with Crippen LogP contribution in [0.2, 0.25) is 0 Å². The highest BCUT2D eigenvalue weighted by molar-refractivity contribution is 6.05. The number of alkyl halides is 3. The second-order valence-electron chi connectivity index (χ2n) is 11.4. The summed E-state index contributed by atoms with van der Waals surface area (Å²) >= 11 is 0. The van der Waals surface area contributed by atoms with Gasteiger partial charge in [0.2, 0.25) is 5.96 Å². The third-order valence-corrected chi connectivity index (χ3v) is 7.43. The first-order valence-electron chi connectivity index (χ1n) is 15.3. The van der Waals surface area contributed by atoms with Gasteiger partial charge in [0.05, 0.1) is 11.3 Å². The molecule has 0 aromatic heterocycles. The molecule has 0 aliphatic carbocycles. The molecule has 1 aliphatic heterocycles. The minimum absolute atomic E-state index is 0.0276. The fourth-order valence-electron chi connectivity index (χ4n) is 4.77. The zero-order chi connectivity index (χ0) is 34.7. The van der Waals surface area contributed by atoms with Crippen LogP contribution in [0.1, 0.15) is 33.5 Å². The molecular formula is C35H40F3N9O. The summed E-state index contributed by atoms with van der Waals surface area (Å²) in [6.45, 7) is 6.92. The summed E-state index contributed by atoms with van der Waals surface area (Å²) in [5.74, 6) is 0.240. The lowest BCUT2D eigenvalue weighted by atomic mass is 10.1. The summed E-state index contributed by atoms with van der Waals surface area (Å²) in [5, 5.41) is 9.10. The Bertz CT molecular complexity index is 1710. The van der Waals surface area contributed by atoms with Crippen molar-refractivity contribution in [3.8, 4) is 0 Å². The number of nitrogens with one attached hydrogen (secondary N) is 3. The molecule has 0 saturated heterocycles. The molecule has 1 heterocycles. The number of nitrogens with zero attached hydrogens (tertiary/aromatic N) is 6. The van der Waals surface area contributed by atoms with E-state index in [2.05, 4.69) is 54.8 Å². The van der Waals surface area contributed by atoms with Crippen molar-refractivity contribution < 1.29 is 18.0 Å². The number of halogens is 3. The van der Waals surface area contributed by atoms with E-state index in [0.29, 0.717) is 49.2 Å². The fourth-order valence-corrected chi connectivity index (χ4v) is 4.77. The van der Waals surface area contributed by atoms with Crippen molar-refractivity contribution in [3.05, 3.63) is 101 Å². The van der Waals surface area contributed by atoms with Crippen LogP contribution >= 0.6 is 0 Å². The van der Waals surface area contributed by atoms with E-state index in [1.165, 1.54) is 24.0 Å². The fraction of sp³-hybridized carbons (Fsp3) is 0.286. The van der Waals surface area contributed by atoms with Gasteiger partial charge in [-0.25, -0.2) is 15.0 Å². The maximum atomic E-state index is 14.1. The Kier molecular flexibility index (Phi) is 12.2. The molecule has 252 valence electrons. The first kappa shape index (κ1) is 35.6. The summed E-state index contributed by atoms with van der Waals surface area (Å²) in [6.07, 6.45) is -0.422. The van der Waals surface area contributed by atoms with Gasteiger partial charge < -0.3 is 25.8 Å². The van der Waals surface area contributed by atoms with Crippen molar-refractivity contribution in [3.63, 3.8) is 0 Å². The van der Waals surface area contributed by atoms with Gasteiger partial charge in [-0.3, -0.25) is 9.79 Å². The predicted molar refractivity (Wildman–Crippen MR) is 190 cm³/mol. The number of anilines is 3. The number of likely N-dealkylation sites (N-methyl/N-ethyl adjacent to an activating group) is 2. The maximum Gasteiger partial charge on any atom is 0.418 e. The van der Waals surface area contributed by atoms with Crippen LogP contribution in [0.15, 0.2) is 98.2 Å². The Balaban J connectivity index is 1.53. The number of carbonyl (C=O) groups excluding carboxylic acids is 1. The normalized spacial score (nSPS) is 14.1. The van der Waals surface area contributed by atoms with E-state index >= 15 is 0 Å². The zero-order valence-electron chi connectivity index (χ0n) is 27.5. The number of carbonyl (C=O) groups is 1. The van der Waals surface area contributed by atoms with Crippen LogP contribution in [0.25, 0.3) is 0 Å². The largest absolute Gasteiger partial charge is 0.418 e. The van der Waals surface area contributed by atoms with Gasteiger partial charge in [-0.2, -0.15) is 13.2 Å². The van der Waals surface area contributed by atoms with Gasteiger partial charge in [0, 0.05) is 61.9 Å². The van der Waals surface area contributed by atoms with Crippen molar-refractivity contribution in [1.29, 1.82) is 0 Å². The smallest absolute Gasteiger partial charge is 0.373 e. The second-order valence-corrected chi connectivity index (χ2v) is 11.4. The Morgan fingerprint density at radius 3 is 2.50 bits per heavy atom. The molecule has 0 fully saturated rings. The highest BCUT2D eigenvalue weighted by atomic mass is 19.4. The summed E-state index contributed by atoms with van der Waals surface area (Å²) in [4.78, 5) is 33.9. The molecule has 0 atom stereocenters. The van der Waals surface area contributed by atoms with Gasteiger partial charge in [-0.05, 0) is 75.6 Å². The van der Waals surface area contributed by atoms with E-state index in [1.807, 2.05) is 44.1 Å². The summed E-state index contributed by atoms with van der Waals surface area (Å²) in [7, 11) is 5.32. The van der Waals surface area contributed by atoms with Gasteiger partial charge in [-0.15, -0.1) is 0 Å². The van der Waals surface area contributed by atoms with E-state index in [9.17, 15) is 18.0 Å². The molecule has 3 N–H and O–H groups in total. The highest BCUT2D eigenvalue weighted by Gasteiger charge is 2.35. The number of guanidine groups is 1. The summed E-state index contributed by atoms with van der Waals surface area (Å²) in [5.41, 5.74) is 2.58. The van der Waals surface area contributed by atoms with Crippen molar-refractivity contribution in [1.82, 2.24) is 10.2 Å². The average molecular weight is 660 g/mol. The van der Waals surface area contributed by atoms with Gasteiger partial charge in [0.15, 0.2) is 5.82 Å². The molecule has 3 aromatic rings. The first-order valence-corrected chi connectivity index (χ1v) is 15.3. The standard InChI is InChI=1S/C35H40F3N9O/c1-24-11-12-26(33(48)43-27-13-14-31(28(22-27)35(36,37)38)47(5)20-19-46(3)4)21-30(24)44-32(42-23-39-2)29-16-18-41-34(45-29)40-17-15-25-9-7-6-8-10-25/h6-14,18,21-23,44H,2,15-17,19-20H2,1,3-5H3,(H,40,45)(H,43,48)/b32-29-,42-23-. The van der Waals surface area contributed by atoms with Crippen molar-refractivity contribution in [2.75, 3.05) is 56.3 Å². The number of hydrogen-bond donors (Lipinski definition) is 3. The maximum absolute atomic E-state index is 14.1. The van der Waals surface area contributed by atoms with Crippen molar-refractivity contribution in [2.45, 2.75) is 25.9 Å². The Labute approximate surface area is 278 Å². The number of aliphatic imine (C=N–C) groups is 4. The first-order chi connectivity index (χ1) is 22.9. The molecule has 0 saturated carbocycles. The molecule has 0 bridgehead atoms. The molecular weight excluding hydrogens is 619 g/mol. The predicted octanol–water partition coefficient (Wildman–Crippen LogP) is 6.24. The molecule has 48 heavy (non-hydrogen) atoms. The number of hydrogen-bond acceptors (Lipinski definition) is 8. The van der Waals surface area contributed by atoms with Crippen molar-refractivity contribution >= 4 is 48.2 Å². The number of rotatable bonds is 13. The highest BCUT2D eigenvalue weighted by Crippen LogP contribution is 2.38. The monoisotopic (exact) mass is 659 g/mol. The number of amides is 1. The van der Waals surface area contributed by atoms with E-state index in [4.69, 9.17) is 0 Å². The van der Waals surface area contributed by atoms with Crippen LogP contribution in [0.3, 0.4) is 0 Å². The van der Waals surface area contributed by atoms with E-state index in [-0.39, 0.29) is 16.9 Å². The van der Waals surface area contributed by atoms with Crippen LogP contribution in [-0.4, -0.2) is 76.8 Å². The van der Waals surface area contributed by atoms with E-state index in [0.717, 1.165) is 18.1 Å². The summed E-state index contributed by atoms with van der Waals surface area (Å²) < 4.78 is 42.2. The Morgan fingerprint density at radius 1 is 1.02 bits per heavy atom. The van der Waals surface area contributed by atoms with Gasteiger partial charge in [-0.1, -0.05) is 36.4 Å². The molecule has 1 amide bonds. The van der Waals surface area contributed by atoms with Gasteiger partial charge in [0.25, 0.3) is 5.91 Å². The molecule has 10 nitrogen and oxygen atoms in total. The van der Waals surface area contributed by atoms with Gasteiger partial charge in [0.1, 0.15) is 6.34 Å². The molecule has 3 aromatic carbocycles. The van der Waals surface area contributed by atoms with Crippen LogP contribution in [-0.2, 0) is 12.6 Å². The third kappa shape index (κ3) is 10.1. The lowest BCUT2D eigenvalue weighted by molar-refractivity contribution is -0.137. The van der Waals surface area contributed by atoms with Crippen LogP contribution in [0.4, 0.5) is 30.2 Å². The lowest BCUT2D eigenvalue weighted by Gasteiger charge is -2.25. The lowest BCUT2D eigenvalue weighted by Crippen LogP contribution is -2.30. The molecule has 1 aliphatic rings. The minimum Gasteiger partial charge on any atom is -0.373 e. The van der Waals surface area contributed by atoms with Crippen molar-refractivity contribution in [2.24, 2.45) is 20.0 Å². The summed E-state index contributed by atoms with van der Waals surface area (Å²) in [6, 6.07) is 18.8.